The van der Waals surface area contributed by atoms with Gasteiger partial charge in [-0.15, -0.1) is 0 Å². The number of halogens is 1. The molecule has 0 radical (unpaired) electrons. The molecule has 0 bridgehead atoms. The lowest BCUT2D eigenvalue weighted by Crippen LogP contribution is -2.18. The van der Waals surface area contributed by atoms with Gasteiger partial charge in [-0.25, -0.2) is 0 Å². The van der Waals surface area contributed by atoms with Gasteiger partial charge < -0.3 is 15.2 Å². The molecule has 0 unspecified atom stereocenters. The van der Waals surface area contributed by atoms with E-state index in [0.29, 0.717) is 12.3 Å². The normalized spacial score (nSPS) is 12.2. The van der Waals surface area contributed by atoms with Crippen molar-refractivity contribution in [3.63, 3.8) is 0 Å². The number of nitrogens with one attached hydrogen (secondary N) is 1. The summed E-state index contributed by atoms with van der Waals surface area (Å²) >= 11 is 3.55. The average Bonchev–Trinajstić information content (AvgIpc) is 2.46. The molecule has 0 aliphatic rings. The fourth-order valence-electron chi connectivity index (χ4n) is 2.07. The largest absolute Gasteiger partial charge is 0.504 e. The highest BCUT2D eigenvalue weighted by Crippen LogP contribution is 2.30. The molecule has 0 saturated heterocycles. The van der Waals surface area contributed by atoms with Gasteiger partial charge in [-0.3, -0.25) is 0 Å². The van der Waals surface area contributed by atoms with Crippen molar-refractivity contribution >= 4 is 15.9 Å². The number of para-hydroxylation sites is 1. The maximum absolute atomic E-state index is 10.1. The van der Waals surface area contributed by atoms with Crippen molar-refractivity contribution in [2.24, 2.45) is 0 Å². The molecule has 0 saturated carbocycles. The van der Waals surface area contributed by atoms with Crippen molar-refractivity contribution in [1.82, 2.24) is 5.32 Å². The topological polar surface area (TPSA) is 41.5 Å². The van der Waals surface area contributed by atoms with E-state index in [0.717, 1.165) is 10.0 Å². The van der Waals surface area contributed by atoms with Gasteiger partial charge in [0.2, 0.25) is 0 Å². The monoisotopic (exact) mass is 335 g/mol. The van der Waals surface area contributed by atoms with Crippen molar-refractivity contribution in [3.8, 4) is 11.5 Å². The van der Waals surface area contributed by atoms with Crippen molar-refractivity contribution in [1.29, 1.82) is 0 Å². The molecule has 0 heterocycles. The molecule has 4 heteroatoms. The Labute approximate surface area is 127 Å². The van der Waals surface area contributed by atoms with Crippen LogP contribution in [0.1, 0.15) is 24.1 Å². The highest BCUT2D eigenvalue weighted by atomic mass is 79.9. The van der Waals surface area contributed by atoms with Gasteiger partial charge in [0.15, 0.2) is 11.5 Å². The maximum Gasteiger partial charge on any atom is 0.162 e. The molecule has 1 atom stereocenters. The van der Waals surface area contributed by atoms with Crippen molar-refractivity contribution in [2.75, 3.05) is 7.11 Å². The number of methoxy groups -OCH3 is 1. The number of phenols is 1. The number of hydrogen-bond donors (Lipinski definition) is 2. The summed E-state index contributed by atoms with van der Waals surface area (Å²) in [6.45, 7) is 2.67. The molecule has 2 aromatic rings. The van der Waals surface area contributed by atoms with Crippen molar-refractivity contribution in [2.45, 2.75) is 19.5 Å². The van der Waals surface area contributed by atoms with Crippen LogP contribution in [0.4, 0.5) is 0 Å². The minimum atomic E-state index is 0.177. The van der Waals surface area contributed by atoms with E-state index < -0.39 is 0 Å². The molecule has 2 rings (SSSR count). The number of phenolic OH excluding ortho intramolecular Hbond substituents is 1. The molecule has 2 N–H and O–H groups in total. The minimum absolute atomic E-state index is 0.177. The second kappa shape index (κ2) is 6.77. The van der Waals surface area contributed by atoms with Gasteiger partial charge in [0.25, 0.3) is 0 Å². The summed E-state index contributed by atoms with van der Waals surface area (Å²) in [6.07, 6.45) is 0. The molecule has 2 aromatic carbocycles. The van der Waals surface area contributed by atoms with E-state index >= 15 is 0 Å². The van der Waals surface area contributed by atoms with Crippen molar-refractivity contribution < 1.29 is 9.84 Å². The van der Waals surface area contributed by atoms with Gasteiger partial charge >= 0.3 is 0 Å². The highest BCUT2D eigenvalue weighted by Gasteiger charge is 2.11. The molecule has 3 nitrogen and oxygen atoms in total. The van der Waals surface area contributed by atoms with Gasteiger partial charge in [-0.1, -0.05) is 46.3 Å². The van der Waals surface area contributed by atoms with Crippen molar-refractivity contribution in [3.05, 3.63) is 58.1 Å². The molecule has 0 amide bonds. The third-order valence-corrected chi connectivity index (χ3v) is 4.00. The lowest BCUT2D eigenvalue weighted by Gasteiger charge is -2.17. The predicted octanol–water partition coefficient (Wildman–Crippen LogP) is 4.01. The van der Waals surface area contributed by atoms with Crippen LogP contribution in [0.25, 0.3) is 0 Å². The highest BCUT2D eigenvalue weighted by molar-refractivity contribution is 9.10. The molecule has 0 spiro atoms. The Morgan fingerprint density at radius 3 is 2.65 bits per heavy atom. The lowest BCUT2D eigenvalue weighted by molar-refractivity contribution is 0.369. The molecule has 0 aliphatic heterocycles. The predicted molar refractivity (Wildman–Crippen MR) is 84.1 cm³/mol. The quantitative estimate of drug-likeness (QED) is 0.867. The SMILES string of the molecule is COc1cccc(CN[C@@H](C)c2ccccc2Br)c1O. The zero-order valence-electron chi connectivity index (χ0n) is 11.6. The third kappa shape index (κ3) is 3.32. The molecule has 0 fully saturated rings. The van der Waals surface area contributed by atoms with Crippen LogP contribution >= 0.6 is 15.9 Å². The van der Waals surface area contributed by atoms with E-state index in [9.17, 15) is 5.11 Å². The summed E-state index contributed by atoms with van der Waals surface area (Å²) < 4.78 is 6.19. The fourth-order valence-corrected chi connectivity index (χ4v) is 2.70. The first-order valence-electron chi connectivity index (χ1n) is 6.46. The van der Waals surface area contributed by atoms with E-state index in [1.165, 1.54) is 5.56 Å². The van der Waals surface area contributed by atoms with Crippen LogP contribution in [0.5, 0.6) is 11.5 Å². The Hall–Kier alpha value is -1.52. The fraction of sp³-hybridized carbons (Fsp3) is 0.250. The number of hydrogen-bond acceptors (Lipinski definition) is 3. The Kier molecular flexibility index (Phi) is 5.04. The van der Waals surface area contributed by atoms with Crippen LogP contribution in [-0.2, 0) is 6.54 Å². The molecule has 0 aromatic heterocycles. The van der Waals surface area contributed by atoms with E-state index in [2.05, 4.69) is 34.2 Å². The molecule has 20 heavy (non-hydrogen) atoms. The summed E-state index contributed by atoms with van der Waals surface area (Å²) in [5.41, 5.74) is 2.01. The van der Waals surface area contributed by atoms with E-state index in [1.807, 2.05) is 30.3 Å². The Balaban J connectivity index is 2.08. The number of benzene rings is 2. The van der Waals surface area contributed by atoms with E-state index in [1.54, 1.807) is 13.2 Å². The van der Waals surface area contributed by atoms with Gasteiger partial charge in [0.1, 0.15) is 0 Å². The van der Waals surface area contributed by atoms with Gasteiger partial charge in [0.05, 0.1) is 7.11 Å². The first-order valence-corrected chi connectivity index (χ1v) is 7.25. The van der Waals surface area contributed by atoms with Gasteiger partial charge in [0, 0.05) is 22.6 Å². The van der Waals surface area contributed by atoms with Gasteiger partial charge in [-0.2, -0.15) is 0 Å². The summed E-state index contributed by atoms with van der Waals surface area (Å²) in [5, 5.41) is 13.5. The van der Waals surface area contributed by atoms with E-state index in [-0.39, 0.29) is 11.8 Å². The third-order valence-electron chi connectivity index (χ3n) is 3.27. The molecule has 0 aliphatic carbocycles. The second-order valence-electron chi connectivity index (χ2n) is 4.59. The zero-order chi connectivity index (χ0) is 14.5. The van der Waals surface area contributed by atoms with Crippen LogP contribution < -0.4 is 10.1 Å². The molecular weight excluding hydrogens is 318 g/mol. The second-order valence-corrected chi connectivity index (χ2v) is 5.45. The van der Waals surface area contributed by atoms with Crippen LogP contribution in [0.15, 0.2) is 46.9 Å². The lowest BCUT2D eigenvalue weighted by atomic mass is 10.1. The standard InChI is InChI=1S/C16H18BrNO2/c1-11(13-7-3-4-8-14(13)17)18-10-12-6-5-9-15(20-2)16(12)19/h3-9,11,18-19H,10H2,1-2H3/t11-/m0/s1. The van der Waals surface area contributed by atoms with Crippen LogP contribution in [0, 0.1) is 0 Å². The summed E-state index contributed by atoms with van der Waals surface area (Å²) in [6, 6.07) is 13.8. The average molecular weight is 336 g/mol. The van der Waals surface area contributed by atoms with Crippen LogP contribution in [0.3, 0.4) is 0 Å². The molecule has 106 valence electrons. The summed E-state index contributed by atoms with van der Waals surface area (Å²) in [5.74, 6) is 0.694. The smallest absolute Gasteiger partial charge is 0.162 e. The van der Waals surface area contributed by atoms with Crippen LogP contribution in [-0.4, -0.2) is 12.2 Å². The Morgan fingerprint density at radius 1 is 1.20 bits per heavy atom. The first-order chi connectivity index (χ1) is 9.63. The van der Waals surface area contributed by atoms with Crippen LogP contribution in [0.2, 0.25) is 0 Å². The van der Waals surface area contributed by atoms with Gasteiger partial charge in [-0.05, 0) is 24.6 Å². The number of ether oxygens (including phenoxy) is 1. The zero-order valence-corrected chi connectivity index (χ0v) is 13.1. The minimum Gasteiger partial charge on any atom is -0.504 e. The number of rotatable bonds is 5. The molecular formula is C16H18BrNO2. The Morgan fingerprint density at radius 2 is 1.95 bits per heavy atom. The Bertz CT molecular complexity index is 586. The summed E-state index contributed by atoms with van der Waals surface area (Å²) in [4.78, 5) is 0. The first kappa shape index (κ1) is 14.9. The number of aromatic hydroxyl groups is 1. The van der Waals surface area contributed by atoms with E-state index in [4.69, 9.17) is 4.74 Å². The summed E-state index contributed by atoms with van der Waals surface area (Å²) in [7, 11) is 1.55. The maximum atomic E-state index is 10.1.